The molecule has 19 heavy (non-hydrogen) atoms. The number of nitrogen functional groups attached to an aromatic ring is 1. The van der Waals surface area contributed by atoms with Gasteiger partial charge in [0.05, 0.1) is 32.1 Å². The summed E-state index contributed by atoms with van der Waals surface area (Å²) in [6.07, 6.45) is 0. The Bertz CT molecular complexity index is 572. The number of thiophene rings is 1. The van der Waals surface area contributed by atoms with E-state index in [2.05, 4.69) is 21.2 Å². The van der Waals surface area contributed by atoms with Crippen LogP contribution in [0.3, 0.4) is 0 Å². The van der Waals surface area contributed by atoms with Gasteiger partial charge in [-0.1, -0.05) is 0 Å². The Morgan fingerprint density at radius 2 is 1.95 bits per heavy atom. The van der Waals surface area contributed by atoms with Gasteiger partial charge in [-0.05, 0) is 27.4 Å². The van der Waals surface area contributed by atoms with Crippen LogP contribution in [-0.2, 0) is 6.54 Å². The fourth-order valence-electron chi connectivity index (χ4n) is 1.67. The Morgan fingerprint density at radius 1 is 1.26 bits per heavy atom. The molecule has 4 nitrogen and oxygen atoms in total. The standard InChI is InChI=1S/C13H15BrN2O2S/c1-17-11-5-9(15)10(6-12(11)18-2)16-7-13-8(14)3-4-19-13/h3-6,16H,7,15H2,1-2H3. The van der Waals surface area contributed by atoms with Gasteiger partial charge in [-0.25, -0.2) is 0 Å². The first kappa shape index (κ1) is 14.0. The molecule has 0 aliphatic carbocycles. The number of ether oxygens (including phenoxy) is 2. The van der Waals surface area contributed by atoms with Crippen LogP contribution < -0.4 is 20.5 Å². The number of methoxy groups -OCH3 is 2. The first-order chi connectivity index (χ1) is 9.15. The number of benzene rings is 1. The molecule has 0 bridgehead atoms. The zero-order chi connectivity index (χ0) is 13.8. The van der Waals surface area contributed by atoms with Crippen LogP contribution in [0, 0.1) is 0 Å². The number of rotatable bonds is 5. The molecule has 0 saturated carbocycles. The van der Waals surface area contributed by atoms with Crippen molar-refractivity contribution in [1.82, 2.24) is 0 Å². The molecule has 0 spiro atoms. The molecule has 6 heteroatoms. The van der Waals surface area contributed by atoms with Gasteiger partial charge in [0.1, 0.15) is 0 Å². The highest BCUT2D eigenvalue weighted by Gasteiger charge is 2.09. The van der Waals surface area contributed by atoms with Crippen molar-refractivity contribution in [2.45, 2.75) is 6.54 Å². The maximum absolute atomic E-state index is 5.99. The lowest BCUT2D eigenvalue weighted by atomic mass is 10.2. The Morgan fingerprint density at radius 3 is 2.53 bits per heavy atom. The van der Waals surface area contributed by atoms with E-state index in [-0.39, 0.29) is 0 Å². The summed E-state index contributed by atoms with van der Waals surface area (Å²) in [5.74, 6) is 1.28. The third kappa shape index (κ3) is 3.13. The van der Waals surface area contributed by atoms with Crippen LogP contribution in [0.1, 0.15) is 4.88 Å². The van der Waals surface area contributed by atoms with Crippen LogP contribution >= 0.6 is 27.3 Å². The van der Waals surface area contributed by atoms with Gasteiger partial charge < -0.3 is 20.5 Å². The second-order valence-electron chi connectivity index (χ2n) is 3.84. The summed E-state index contributed by atoms with van der Waals surface area (Å²) in [6.45, 7) is 0.706. The van der Waals surface area contributed by atoms with Crippen molar-refractivity contribution < 1.29 is 9.47 Å². The SMILES string of the molecule is COc1cc(N)c(NCc2sccc2Br)cc1OC. The molecular weight excluding hydrogens is 328 g/mol. The van der Waals surface area contributed by atoms with E-state index < -0.39 is 0 Å². The minimum atomic E-state index is 0.628. The van der Waals surface area contributed by atoms with Gasteiger partial charge in [-0.3, -0.25) is 0 Å². The molecule has 0 radical (unpaired) electrons. The molecule has 0 atom stereocenters. The lowest BCUT2D eigenvalue weighted by Gasteiger charge is -2.13. The lowest BCUT2D eigenvalue weighted by molar-refractivity contribution is 0.355. The van der Waals surface area contributed by atoms with Crippen LogP contribution in [0.5, 0.6) is 11.5 Å². The van der Waals surface area contributed by atoms with E-state index in [1.54, 1.807) is 31.6 Å². The van der Waals surface area contributed by atoms with Crippen LogP contribution in [-0.4, -0.2) is 14.2 Å². The second-order valence-corrected chi connectivity index (χ2v) is 5.69. The quantitative estimate of drug-likeness (QED) is 0.813. The minimum Gasteiger partial charge on any atom is -0.493 e. The van der Waals surface area contributed by atoms with Crippen LogP contribution in [0.2, 0.25) is 0 Å². The molecule has 0 saturated heterocycles. The highest BCUT2D eigenvalue weighted by molar-refractivity contribution is 9.10. The van der Waals surface area contributed by atoms with E-state index in [1.807, 2.05) is 17.5 Å². The van der Waals surface area contributed by atoms with Gasteiger partial charge in [0, 0.05) is 21.5 Å². The first-order valence-corrected chi connectivity index (χ1v) is 7.30. The summed E-state index contributed by atoms with van der Waals surface area (Å²) >= 11 is 5.19. The number of hydrogen-bond donors (Lipinski definition) is 2. The predicted molar refractivity (Wildman–Crippen MR) is 83.3 cm³/mol. The summed E-state index contributed by atoms with van der Waals surface area (Å²) in [5, 5.41) is 5.34. The minimum absolute atomic E-state index is 0.628. The van der Waals surface area contributed by atoms with Gasteiger partial charge in [-0.15, -0.1) is 11.3 Å². The van der Waals surface area contributed by atoms with Gasteiger partial charge in [0.15, 0.2) is 11.5 Å². The maximum Gasteiger partial charge on any atom is 0.162 e. The molecule has 3 N–H and O–H groups in total. The van der Waals surface area contributed by atoms with Gasteiger partial charge in [0.25, 0.3) is 0 Å². The number of nitrogens with one attached hydrogen (secondary N) is 1. The fraction of sp³-hybridized carbons (Fsp3) is 0.231. The smallest absolute Gasteiger partial charge is 0.162 e. The summed E-state index contributed by atoms with van der Waals surface area (Å²) < 4.78 is 11.6. The second kappa shape index (κ2) is 6.16. The molecule has 2 aromatic rings. The zero-order valence-electron chi connectivity index (χ0n) is 10.7. The third-order valence-electron chi connectivity index (χ3n) is 2.69. The fourth-order valence-corrected chi connectivity index (χ4v) is 3.11. The van der Waals surface area contributed by atoms with Gasteiger partial charge in [0.2, 0.25) is 0 Å². The molecule has 0 aliphatic rings. The van der Waals surface area contributed by atoms with E-state index in [0.717, 1.165) is 10.2 Å². The number of nitrogens with two attached hydrogens (primary N) is 1. The van der Waals surface area contributed by atoms with Gasteiger partial charge in [-0.2, -0.15) is 0 Å². The number of halogens is 1. The monoisotopic (exact) mass is 342 g/mol. The van der Waals surface area contributed by atoms with E-state index in [0.29, 0.717) is 23.7 Å². The van der Waals surface area contributed by atoms with Crippen molar-refractivity contribution in [1.29, 1.82) is 0 Å². The van der Waals surface area contributed by atoms with Crippen molar-refractivity contribution >= 4 is 38.6 Å². The molecule has 0 fully saturated rings. The van der Waals surface area contributed by atoms with E-state index in [9.17, 15) is 0 Å². The topological polar surface area (TPSA) is 56.5 Å². The van der Waals surface area contributed by atoms with E-state index >= 15 is 0 Å². The molecule has 0 aliphatic heterocycles. The summed E-state index contributed by atoms with van der Waals surface area (Å²) in [7, 11) is 3.20. The van der Waals surface area contributed by atoms with E-state index in [4.69, 9.17) is 15.2 Å². The average molecular weight is 343 g/mol. The van der Waals surface area contributed by atoms with E-state index in [1.165, 1.54) is 4.88 Å². The first-order valence-electron chi connectivity index (χ1n) is 5.63. The maximum atomic E-state index is 5.99. The average Bonchev–Trinajstić information content (AvgIpc) is 2.82. The summed E-state index contributed by atoms with van der Waals surface area (Å²) in [6, 6.07) is 5.62. The Kier molecular flexibility index (Phi) is 4.55. The third-order valence-corrected chi connectivity index (χ3v) is 4.61. The summed E-state index contributed by atoms with van der Waals surface area (Å²) in [5.41, 5.74) is 7.45. The predicted octanol–water partition coefficient (Wildman–Crippen LogP) is 3.72. The van der Waals surface area contributed by atoms with Crippen molar-refractivity contribution in [3.05, 3.63) is 32.9 Å². The van der Waals surface area contributed by atoms with Crippen molar-refractivity contribution in [3.63, 3.8) is 0 Å². The Labute approximate surface area is 124 Å². The molecule has 0 unspecified atom stereocenters. The van der Waals surface area contributed by atoms with Gasteiger partial charge >= 0.3 is 0 Å². The van der Waals surface area contributed by atoms with Crippen LogP contribution in [0.15, 0.2) is 28.1 Å². The normalized spacial score (nSPS) is 10.3. The molecule has 102 valence electrons. The molecule has 1 aromatic carbocycles. The molecule has 2 rings (SSSR count). The number of hydrogen-bond acceptors (Lipinski definition) is 5. The number of anilines is 2. The van der Waals surface area contributed by atoms with Crippen LogP contribution in [0.4, 0.5) is 11.4 Å². The van der Waals surface area contributed by atoms with Crippen molar-refractivity contribution in [3.8, 4) is 11.5 Å². The highest BCUT2D eigenvalue weighted by Crippen LogP contribution is 2.35. The molecule has 0 amide bonds. The Balaban J connectivity index is 2.18. The lowest BCUT2D eigenvalue weighted by Crippen LogP contribution is -2.03. The molecular formula is C13H15BrN2O2S. The zero-order valence-corrected chi connectivity index (χ0v) is 13.1. The van der Waals surface area contributed by atoms with Crippen LogP contribution in [0.25, 0.3) is 0 Å². The molecule has 1 aromatic heterocycles. The van der Waals surface area contributed by atoms with Crippen molar-refractivity contribution in [2.75, 3.05) is 25.3 Å². The largest absolute Gasteiger partial charge is 0.493 e. The molecule has 1 heterocycles. The highest BCUT2D eigenvalue weighted by atomic mass is 79.9. The summed E-state index contributed by atoms with van der Waals surface area (Å²) in [4.78, 5) is 1.22. The van der Waals surface area contributed by atoms with Crippen molar-refractivity contribution in [2.24, 2.45) is 0 Å². The Hall–Kier alpha value is -1.40.